The smallest absolute Gasteiger partial charge is 0.230 e. The van der Waals surface area contributed by atoms with E-state index >= 15 is 0 Å². The van der Waals surface area contributed by atoms with Gasteiger partial charge in [0.25, 0.3) is 0 Å². The second kappa shape index (κ2) is 16.5. The molecule has 0 saturated heterocycles. The highest BCUT2D eigenvalue weighted by Crippen LogP contribution is 2.26. The second-order valence-corrected chi connectivity index (χ2v) is 8.31. The van der Waals surface area contributed by atoms with Gasteiger partial charge in [0.1, 0.15) is 6.04 Å². The summed E-state index contributed by atoms with van der Waals surface area (Å²) < 4.78 is 0. The Hall–Kier alpha value is -2.13. The molecule has 0 fully saturated rings. The van der Waals surface area contributed by atoms with Crippen LogP contribution in [-0.4, -0.2) is 12.9 Å². The molecule has 2 aromatic rings. The minimum absolute atomic E-state index is 0.569. The molecule has 31 heavy (non-hydrogen) atoms. The third kappa shape index (κ3) is 10.1. The lowest BCUT2D eigenvalue weighted by Crippen LogP contribution is -2.30. The third-order valence-corrected chi connectivity index (χ3v) is 5.70. The molecule has 1 atom stereocenters. The standard InChI is InChI=1S/C28H40NO2/c1-2-3-4-5-6-7-8-9-10-11-12-19-24-31-29(27-22-17-14-18-23-27)28(25-30)26-20-15-13-16-21-26/h13-18,20-23,28H,2-12,19,24H2,1H3. The molecule has 1 radical (unpaired) electrons. The fourth-order valence-electron chi connectivity index (χ4n) is 3.87. The van der Waals surface area contributed by atoms with Crippen LogP contribution < -0.4 is 5.06 Å². The van der Waals surface area contributed by atoms with Crippen molar-refractivity contribution in [1.82, 2.24) is 0 Å². The van der Waals surface area contributed by atoms with E-state index in [4.69, 9.17) is 4.84 Å². The van der Waals surface area contributed by atoms with Gasteiger partial charge in [0, 0.05) is 0 Å². The fourth-order valence-corrected chi connectivity index (χ4v) is 3.87. The molecule has 1 unspecified atom stereocenters. The van der Waals surface area contributed by atoms with Gasteiger partial charge < -0.3 is 0 Å². The number of anilines is 1. The summed E-state index contributed by atoms with van der Waals surface area (Å²) in [6.45, 7) is 2.88. The van der Waals surface area contributed by atoms with Crippen LogP contribution >= 0.6 is 0 Å². The van der Waals surface area contributed by atoms with E-state index in [-0.39, 0.29) is 0 Å². The molecule has 0 aliphatic carbocycles. The lowest BCUT2D eigenvalue weighted by molar-refractivity contribution is 0.0943. The van der Waals surface area contributed by atoms with Gasteiger partial charge in [0.05, 0.1) is 12.3 Å². The molecule has 3 nitrogen and oxygen atoms in total. The summed E-state index contributed by atoms with van der Waals surface area (Å²) in [7, 11) is 0. The minimum Gasteiger partial charge on any atom is -0.288 e. The minimum atomic E-state index is -0.569. The van der Waals surface area contributed by atoms with Gasteiger partial charge in [-0.15, -0.1) is 0 Å². The van der Waals surface area contributed by atoms with Gasteiger partial charge in [-0.25, -0.2) is 5.06 Å². The molecule has 0 heterocycles. The van der Waals surface area contributed by atoms with Crippen molar-refractivity contribution in [2.75, 3.05) is 11.7 Å². The summed E-state index contributed by atoms with van der Waals surface area (Å²) in [4.78, 5) is 17.9. The average Bonchev–Trinajstić information content (AvgIpc) is 2.82. The van der Waals surface area contributed by atoms with Crippen LogP contribution in [0.4, 0.5) is 5.69 Å². The van der Waals surface area contributed by atoms with Crippen LogP contribution in [-0.2, 0) is 9.63 Å². The number of hydrogen-bond acceptors (Lipinski definition) is 3. The zero-order chi connectivity index (χ0) is 22.0. The van der Waals surface area contributed by atoms with E-state index in [2.05, 4.69) is 13.2 Å². The van der Waals surface area contributed by atoms with Gasteiger partial charge in [-0.2, -0.15) is 0 Å². The van der Waals surface area contributed by atoms with E-state index in [9.17, 15) is 4.79 Å². The van der Waals surface area contributed by atoms with Crippen molar-refractivity contribution in [3.05, 3.63) is 66.2 Å². The van der Waals surface area contributed by atoms with Crippen molar-refractivity contribution >= 4 is 12.0 Å². The Labute approximate surface area is 189 Å². The molecule has 0 N–H and O–H groups in total. The van der Waals surface area contributed by atoms with E-state index in [1.54, 1.807) is 5.06 Å². The van der Waals surface area contributed by atoms with Crippen LogP contribution in [0.2, 0.25) is 0 Å². The van der Waals surface area contributed by atoms with Crippen LogP contribution in [0.3, 0.4) is 0 Å². The Balaban J connectivity index is 1.68. The van der Waals surface area contributed by atoms with Crippen molar-refractivity contribution in [3.63, 3.8) is 0 Å². The van der Waals surface area contributed by atoms with Crippen LogP contribution in [0, 0.1) is 0 Å². The van der Waals surface area contributed by atoms with Crippen LogP contribution in [0.5, 0.6) is 0 Å². The summed E-state index contributed by atoms with van der Waals surface area (Å²) in [5, 5.41) is 1.71. The summed E-state index contributed by atoms with van der Waals surface area (Å²) >= 11 is 0. The second-order valence-electron chi connectivity index (χ2n) is 8.31. The molecule has 0 saturated carbocycles. The molecule has 2 aromatic carbocycles. The molecule has 0 aliphatic rings. The molecule has 3 heteroatoms. The third-order valence-electron chi connectivity index (χ3n) is 5.70. The molecule has 0 amide bonds. The van der Waals surface area contributed by atoms with E-state index < -0.39 is 6.04 Å². The number of hydrogen-bond donors (Lipinski definition) is 0. The highest BCUT2D eigenvalue weighted by atomic mass is 16.7. The van der Waals surface area contributed by atoms with Crippen molar-refractivity contribution < 1.29 is 9.63 Å². The van der Waals surface area contributed by atoms with E-state index in [0.29, 0.717) is 6.61 Å². The summed E-state index contributed by atoms with van der Waals surface area (Å²) in [5.74, 6) is 0. The number of rotatable bonds is 18. The van der Waals surface area contributed by atoms with Gasteiger partial charge in [0.2, 0.25) is 6.29 Å². The van der Waals surface area contributed by atoms with Gasteiger partial charge in [-0.05, 0) is 24.1 Å². The summed E-state index contributed by atoms with van der Waals surface area (Å²) in [5.41, 5.74) is 1.76. The average molecular weight is 423 g/mol. The predicted molar refractivity (Wildman–Crippen MR) is 131 cm³/mol. The van der Waals surface area contributed by atoms with E-state index in [1.807, 2.05) is 60.7 Å². The number of carbonyl (C=O) groups excluding carboxylic acids is 1. The topological polar surface area (TPSA) is 29.5 Å². The predicted octanol–water partition coefficient (Wildman–Crippen LogP) is 7.98. The van der Waals surface area contributed by atoms with E-state index in [0.717, 1.165) is 17.7 Å². The highest BCUT2D eigenvalue weighted by Gasteiger charge is 2.22. The van der Waals surface area contributed by atoms with Crippen LogP contribution in [0.25, 0.3) is 0 Å². The largest absolute Gasteiger partial charge is 0.288 e. The van der Waals surface area contributed by atoms with Crippen molar-refractivity contribution in [3.8, 4) is 0 Å². The van der Waals surface area contributed by atoms with Gasteiger partial charge >= 0.3 is 0 Å². The zero-order valence-corrected chi connectivity index (χ0v) is 19.3. The number of para-hydroxylation sites is 1. The first-order valence-electron chi connectivity index (χ1n) is 12.3. The molecule has 0 spiro atoms. The summed E-state index contributed by atoms with van der Waals surface area (Å²) in [6.07, 6.45) is 17.9. The van der Waals surface area contributed by atoms with Crippen LogP contribution in [0.15, 0.2) is 60.7 Å². The molecule has 0 bridgehead atoms. The highest BCUT2D eigenvalue weighted by molar-refractivity contribution is 5.68. The molecular formula is C28H40NO2. The lowest BCUT2D eigenvalue weighted by Gasteiger charge is -2.29. The maximum Gasteiger partial charge on any atom is 0.230 e. The van der Waals surface area contributed by atoms with Crippen molar-refractivity contribution in [1.29, 1.82) is 0 Å². The van der Waals surface area contributed by atoms with Gasteiger partial charge in [0.15, 0.2) is 0 Å². The molecule has 169 valence electrons. The van der Waals surface area contributed by atoms with Gasteiger partial charge in [-0.1, -0.05) is 126 Å². The Morgan fingerprint density at radius 1 is 0.710 bits per heavy atom. The first-order valence-corrected chi connectivity index (χ1v) is 12.3. The SMILES string of the molecule is CCCCCCCCCCCCCCON(c1ccccc1)C([C]=O)c1ccccc1. The van der Waals surface area contributed by atoms with Crippen LogP contribution in [0.1, 0.15) is 95.6 Å². The Morgan fingerprint density at radius 3 is 1.71 bits per heavy atom. The Kier molecular flexibility index (Phi) is 13.4. The number of unbranched alkanes of at least 4 members (excludes halogenated alkanes) is 11. The number of benzene rings is 2. The maximum absolute atomic E-state index is 11.8. The first-order chi connectivity index (χ1) is 15.4. The fraction of sp³-hybridized carbons (Fsp3) is 0.536. The summed E-state index contributed by atoms with van der Waals surface area (Å²) in [6, 6.07) is 19.0. The zero-order valence-electron chi connectivity index (χ0n) is 19.3. The number of hydroxylamine groups is 1. The Morgan fingerprint density at radius 2 is 1.19 bits per heavy atom. The maximum atomic E-state index is 11.8. The van der Waals surface area contributed by atoms with Crippen molar-refractivity contribution in [2.24, 2.45) is 0 Å². The monoisotopic (exact) mass is 422 g/mol. The van der Waals surface area contributed by atoms with E-state index in [1.165, 1.54) is 70.6 Å². The van der Waals surface area contributed by atoms with Crippen molar-refractivity contribution in [2.45, 2.75) is 90.0 Å². The Bertz CT molecular complexity index is 674. The lowest BCUT2D eigenvalue weighted by atomic mass is 10.1. The molecule has 0 aliphatic heterocycles. The number of nitrogens with zero attached hydrogens (tertiary/aromatic N) is 1. The molecule has 0 aromatic heterocycles. The van der Waals surface area contributed by atoms with Gasteiger partial charge in [-0.3, -0.25) is 9.63 Å². The molecule has 2 rings (SSSR count). The molecular weight excluding hydrogens is 382 g/mol. The normalized spacial score (nSPS) is 11.9. The quantitative estimate of drug-likeness (QED) is 0.180. The first kappa shape index (κ1) is 25.1.